The molecule has 476 valence electrons. The standard InChI is InChI=1S/C67H125NO13/c1-3-5-7-9-11-13-15-17-19-21-22-23-24-25-26-27-28-29-30-31-32-33-35-36-38-40-42-44-46-48-50-56(71)55(68-59(72)51-49-47-45-43-41-39-37-34-20-18-16-14-12-10-8-6-4-2)54-78-66-64(77)62(75)65(58(53-70)80-66)81-67-63(76)61(74)60(73)57(52-69)79-67/h12,14,18,20,48,50,55-58,60-67,69-71,73-77H,3-11,13,15-17,19,21-47,49,51-54H2,1-2H3,(H,68,72)/b14-12-,20-18-,50-48+. The lowest BCUT2D eigenvalue weighted by atomic mass is 9.97. The van der Waals surface area contributed by atoms with Crippen LogP contribution in [-0.2, 0) is 23.7 Å². The van der Waals surface area contributed by atoms with E-state index in [9.17, 15) is 45.6 Å². The van der Waals surface area contributed by atoms with E-state index in [1.165, 1.54) is 205 Å². The van der Waals surface area contributed by atoms with Crippen LogP contribution in [0.5, 0.6) is 0 Å². The Hall–Kier alpha value is -1.79. The number of hydrogen-bond acceptors (Lipinski definition) is 13. The highest BCUT2D eigenvalue weighted by Crippen LogP contribution is 2.30. The third-order valence-electron chi connectivity index (χ3n) is 16.6. The van der Waals surface area contributed by atoms with Crippen LogP contribution in [0.15, 0.2) is 36.5 Å². The van der Waals surface area contributed by atoms with Gasteiger partial charge in [0.05, 0.1) is 32.0 Å². The number of unbranched alkanes of at least 4 members (excludes halogenated alkanes) is 38. The van der Waals surface area contributed by atoms with Crippen molar-refractivity contribution in [1.82, 2.24) is 5.32 Å². The van der Waals surface area contributed by atoms with Crippen molar-refractivity contribution in [3.8, 4) is 0 Å². The molecule has 12 atom stereocenters. The maximum atomic E-state index is 13.3. The van der Waals surface area contributed by atoms with E-state index in [1.54, 1.807) is 6.08 Å². The fraction of sp³-hybridized carbons (Fsp3) is 0.896. The molecule has 0 spiro atoms. The van der Waals surface area contributed by atoms with Crippen LogP contribution in [0.2, 0.25) is 0 Å². The van der Waals surface area contributed by atoms with Crippen LogP contribution in [0.3, 0.4) is 0 Å². The Morgan fingerprint density at radius 1 is 0.444 bits per heavy atom. The number of allylic oxidation sites excluding steroid dienone is 5. The minimum atomic E-state index is -1.79. The van der Waals surface area contributed by atoms with Gasteiger partial charge in [0.2, 0.25) is 5.91 Å². The van der Waals surface area contributed by atoms with Gasteiger partial charge < -0.3 is 65.1 Å². The molecular formula is C67H125NO13. The highest BCUT2D eigenvalue weighted by Gasteiger charge is 2.51. The maximum absolute atomic E-state index is 13.3. The third kappa shape index (κ3) is 37.4. The topological polar surface area (TPSA) is 228 Å². The first-order chi connectivity index (χ1) is 39.6. The Kier molecular flexibility index (Phi) is 48.8. The molecule has 1 amide bonds. The van der Waals surface area contributed by atoms with E-state index in [1.807, 2.05) is 6.08 Å². The van der Waals surface area contributed by atoms with E-state index in [-0.39, 0.29) is 18.9 Å². The van der Waals surface area contributed by atoms with E-state index in [0.717, 1.165) is 57.8 Å². The summed E-state index contributed by atoms with van der Waals surface area (Å²) in [4.78, 5) is 13.3. The van der Waals surface area contributed by atoms with Crippen molar-refractivity contribution in [2.24, 2.45) is 0 Å². The van der Waals surface area contributed by atoms with E-state index in [4.69, 9.17) is 18.9 Å². The van der Waals surface area contributed by atoms with Crippen LogP contribution in [-0.4, -0.2) is 140 Å². The van der Waals surface area contributed by atoms with E-state index in [0.29, 0.717) is 6.42 Å². The number of ether oxygens (including phenoxy) is 4. The monoisotopic (exact) mass is 1150 g/mol. The molecule has 2 saturated heterocycles. The summed E-state index contributed by atoms with van der Waals surface area (Å²) in [6, 6.07) is -0.920. The smallest absolute Gasteiger partial charge is 0.220 e. The zero-order chi connectivity index (χ0) is 58.8. The molecule has 0 radical (unpaired) electrons. The summed E-state index contributed by atoms with van der Waals surface area (Å²) < 4.78 is 22.8. The Balaban J connectivity index is 1.68. The van der Waals surface area contributed by atoms with Gasteiger partial charge in [-0.3, -0.25) is 4.79 Å². The third-order valence-corrected chi connectivity index (χ3v) is 16.6. The fourth-order valence-corrected chi connectivity index (χ4v) is 11.1. The minimum absolute atomic E-state index is 0.245. The highest BCUT2D eigenvalue weighted by atomic mass is 16.7. The molecule has 2 aliphatic rings. The first-order valence-corrected chi connectivity index (χ1v) is 33.7. The number of carbonyl (C=O) groups is 1. The van der Waals surface area contributed by atoms with Crippen LogP contribution in [0.1, 0.15) is 290 Å². The Labute approximate surface area is 493 Å². The van der Waals surface area contributed by atoms with Crippen molar-refractivity contribution in [3.63, 3.8) is 0 Å². The average Bonchev–Trinajstić information content (AvgIpc) is 3.47. The van der Waals surface area contributed by atoms with Gasteiger partial charge in [-0.05, 0) is 51.4 Å². The number of aliphatic hydroxyl groups is 8. The summed E-state index contributed by atoms with van der Waals surface area (Å²) in [6.45, 7) is 2.80. The number of aliphatic hydroxyl groups excluding tert-OH is 8. The van der Waals surface area contributed by atoms with Crippen LogP contribution < -0.4 is 5.32 Å². The Morgan fingerprint density at radius 2 is 0.815 bits per heavy atom. The van der Waals surface area contributed by atoms with Crippen molar-refractivity contribution in [1.29, 1.82) is 0 Å². The van der Waals surface area contributed by atoms with Crippen LogP contribution >= 0.6 is 0 Å². The molecule has 0 aromatic heterocycles. The molecule has 0 bridgehead atoms. The number of hydrogen-bond donors (Lipinski definition) is 9. The molecule has 2 rings (SSSR count). The second-order valence-corrected chi connectivity index (χ2v) is 24.0. The summed E-state index contributed by atoms with van der Waals surface area (Å²) in [6.07, 6.45) is 49.1. The predicted molar refractivity (Wildman–Crippen MR) is 328 cm³/mol. The largest absolute Gasteiger partial charge is 0.394 e. The van der Waals surface area contributed by atoms with Crippen molar-refractivity contribution < 1.29 is 64.6 Å². The highest BCUT2D eigenvalue weighted by molar-refractivity contribution is 5.76. The zero-order valence-corrected chi connectivity index (χ0v) is 51.5. The Bertz CT molecular complexity index is 1500. The minimum Gasteiger partial charge on any atom is -0.394 e. The molecule has 9 N–H and O–H groups in total. The van der Waals surface area contributed by atoms with Crippen molar-refractivity contribution in [2.45, 2.75) is 364 Å². The molecule has 0 saturated carbocycles. The molecule has 14 heteroatoms. The van der Waals surface area contributed by atoms with Crippen molar-refractivity contribution in [3.05, 3.63) is 36.5 Å². The van der Waals surface area contributed by atoms with Gasteiger partial charge in [-0.1, -0.05) is 269 Å². The zero-order valence-electron chi connectivity index (χ0n) is 51.5. The van der Waals surface area contributed by atoms with Gasteiger partial charge in [0.1, 0.15) is 48.8 Å². The Morgan fingerprint density at radius 3 is 1.26 bits per heavy atom. The second-order valence-electron chi connectivity index (χ2n) is 24.0. The molecule has 2 fully saturated rings. The fourth-order valence-electron chi connectivity index (χ4n) is 11.1. The van der Waals surface area contributed by atoms with Crippen LogP contribution in [0.4, 0.5) is 0 Å². The summed E-state index contributed by atoms with van der Waals surface area (Å²) >= 11 is 0. The maximum Gasteiger partial charge on any atom is 0.220 e. The van der Waals surface area contributed by atoms with Crippen molar-refractivity contribution in [2.75, 3.05) is 19.8 Å². The summed E-state index contributed by atoms with van der Waals surface area (Å²) in [5.74, 6) is -0.245. The second kappa shape index (κ2) is 52.5. The van der Waals surface area contributed by atoms with Gasteiger partial charge in [-0.15, -0.1) is 0 Å². The van der Waals surface area contributed by atoms with E-state index < -0.39 is 86.8 Å². The summed E-state index contributed by atoms with van der Waals surface area (Å²) in [5.41, 5.74) is 0. The molecule has 2 aliphatic heterocycles. The average molecular weight is 1150 g/mol. The molecule has 0 aromatic carbocycles. The van der Waals surface area contributed by atoms with Gasteiger partial charge in [0.25, 0.3) is 0 Å². The van der Waals surface area contributed by atoms with Gasteiger partial charge in [0, 0.05) is 6.42 Å². The first kappa shape index (κ1) is 75.3. The molecule has 14 nitrogen and oxygen atoms in total. The molecule has 12 unspecified atom stereocenters. The molecular weight excluding hydrogens is 1030 g/mol. The van der Waals surface area contributed by atoms with Crippen LogP contribution in [0, 0.1) is 0 Å². The molecule has 2 heterocycles. The molecule has 81 heavy (non-hydrogen) atoms. The van der Waals surface area contributed by atoms with E-state index in [2.05, 4.69) is 43.5 Å². The lowest BCUT2D eigenvalue weighted by Crippen LogP contribution is -2.65. The SMILES string of the molecule is CCCCC/C=C\C/C=C\CCCCCCCCCC(=O)NC(COC1OC(CO)C(OC2OC(CO)C(O)C(O)C2O)C(O)C1O)C(O)/C=C/CCCCCCCCCCCCCCCCCCCCCCCCCCCCCC. The van der Waals surface area contributed by atoms with Gasteiger partial charge in [0.15, 0.2) is 12.6 Å². The van der Waals surface area contributed by atoms with Gasteiger partial charge >= 0.3 is 0 Å². The lowest BCUT2D eigenvalue weighted by molar-refractivity contribution is -0.359. The summed E-state index contributed by atoms with van der Waals surface area (Å²) in [7, 11) is 0. The van der Waals surface area contributed by atoms with Gasteiger partial charge in [-0.25, -0.2) is 0 Å². The number of rotatable bonds is 55. The van der Waals surface area contributed by atoms with Crippen LogP contribution in [0.25, 0.3) is 0 Å². The normalized spacial score (nSPS) is 24.3. The molecule has 0 aliphatic carbocycles. The van der Waals surface area contributed by atoms with Crippen molar-refractivity contribution >= 4 is 5.91 Å². The van der Waals surface area contributed by atoms with Gasteiger partial charge in [-0.2, -0.15) is 0 Å². The predicted octanol–water partition coefficient (Wildman–Crippen LogP) is 13.0. The summed E-state index contributed by atoms with van der Waals surface area (Å²) in [5, 5.41) is 87.3. The number of nitrogens with one attached hydrogen (secondary N) is 1. The number of amides is 1. The quantitative estimate of drug-likeness (QED) is 0.0204. The van der Waals surface area contributed by atoms with E-state index >= 15 is 0 Å². The molecule has 0 aromatic rings. The first-order valence-electron chi connectivity index (χ1n) is 33.7. The lowest BCUT2D eigenvalue weighted by Gasteiger charge is -2.46. The number of carbonyl (C=O) groups excluding carboxylic acids is 1.